The van der Waals surface area contributed by atoms with Crippen molar-refractivity contribution in [3.05, 3.63) is 92.4 Å². The lowest BCUT2D eigenvalue weighted by Crippen LogP contribution is -2.54. The van der Waals surface area contributed by atoms with Crippen LogP contribution < -0.4 is 9.62 Å². The van der Waals surface area contributed by atoms with Crippen molar-refractivity contribution in [2.75, 3.05) is 10.8 Å². The Hall–Kier alpha value is -2.49. The van der Waals surface area contributed by atoms with E-state index in [4.69, 9.17) is 46.4 Å². The molecule has 3 rings (SSSR count). The first-order valence-corrected chi connectivity index (χ1v) is 15.1. The van der Waals surface area contributed by atoms with Crippen LogP contribution in [0.5, 0.6) is 0 Å². The van der Waals surface area contributed by atoms with Crippen LogP contribution in [0.1, 0.15) is 33.3 Å². The molecule has 214 valence electrons. The monoisotopic (exact) mass is 643 g/mol. The van der Waals surface area contributed by atoms with Gasteiger partial charge in [0.2, 0.25) is 11.8 Å². The fraction of sp³-hybridized carbons (Fsp3) is 0.286. The van der Waals surface area contributed by atoms with Crippen LogP contribution >= 0.6 is 46.4 Å². The van der Waals surface area contributed by atoms with Crippen LogP contribution in [0.3, 0.4) is 0 Å². The normalized spacial score (nSPS) is 12.5. The van der Waals surface area contributed by atoms with Crippen LogP contribution in [-0.4, -0.2) is 43.3 Å². The lowest BCUT2D eigenvalue weighted by molar-refractivity contribution is -0.140. The smallest absolute Gasteiger partial charge is 0.264 e. The van der Waals surface area contributed by atoms with Gasteiger partial charge in [-0.2, -0.15) is 0 Å². The van der Waals surface area contributed by atoms with Gasteiger partial charge in [-0.15, -0.1) is 0 Å². The Morgan fingerprint density at radius 3 is 2.02 bits per heavy atom. The number of hydrogen-bond donors (Lipinski definition) is 1. The van der Waals surface area contributed by atoms with E-state index in [1.807, 2.05) is 20.8 Å². The van der Waals surface area contributed by atoms with Crippen molar-refractivity contribution in [3.8, 4) is 0 Å². The van der Waals surface area contributed by atoms with Gasteiger partial charge < -0.3 is 10.2 Å². The molecule has 0 spiro atoms. The number of nitrogens with one attached hydrogen (secondary N) is 1. The van der Waals surface area contributed by atoms with E-state index >= 15 is 0 Å². The van der Waals surface area contributed by atoms with Gasteiger partial charge in [0.25, 0.3) is 10.0 Å². The van der Waals surface area contributed by atoms with Crippen LogP contribution in [0, 0.1) is 0 Å². The summed E-state index contributed by atoms with van der Waals surface area (Å²) in [5.41, 5.74) is 0.126. The van der Waals surface area contributed by atoms with Crippen LogP contribution in [0.4, 0.5) is 5.69 Å². The molecule has 0 saturated carbocycles. The summed E-state index contributed by atoms with van der Waals surface area (Å²) in [5.74, 6) is -1.05. The lowest BCUT2D eigenvalue weighted by atomic mass is 10.1. The van der Waals surface area contributed by atoms with Crippen molar-refractivity contribution >= 4 is 73.9 Å². The summed E-state index contributed by atoms with van der Waals surface area (Å²) >= 11 is 24.7. The Morgan fingerprint density at radius 1 is 0.875 bits per heavy atom. The van der Waals surface area contributed by atoms with Crippen LogP contribution in [0.2, 0.25) is 20.1 Å². The Bertz CT molecular complexity index is 1470. The largest absolute Gasteiger partial charge is 0.350 e. The summed E-state index contributed by atoms with van der Waals surface area (Å²) in [5, 5.41) is 3.86. The molecule has 0 aliphatic rings. The molecule has 12 heteroatoms. The van der Waals surface area contributed by atoms with Crippen molar-refractivity contribution < 1.29 is 18.0 Å². The van der Waals surface area contributed by atoms with Crippen molar-refractivity contribution in [2.45, 2.75) is 50.7 Å². The highest BCUT2D eigenvalue weighted by atomic mass is 35.5. The lowest BCUT2D eigenvalue weighted by Gasteiger charge is -2.33. The molecule has 2 amide bonds. The van der Waals surface area contributed by atoms with Gasteiger partial charge in [-0.3, -0.25) is 13.9 Å². The molecule has 0 saturated heterocycles. The predicted molar refractivity (Wildman–Crippen MR) is 162 cm³/mol. The van der Waals surface area contributed by atoms with Gasteiger partial charge >= 0.3 is 0 Å². The number of benzene rings is 3. The highest BCUT2D eigenvalue weighted by molar-refractivity contribution is 7.92. The summed E-state index contributed by atoms with van der Waals surface area (Å²) in [4.78, 5) is 28.4. The molecule has 3 aromatic carbocycles. The first kappa shape index (κ1) is 32.0. The predicted octanol–water partition coefficient (Wildman–Crippen LogP) is 6.83. The number of hydrogen-bond acceptors (Lipinski definition) is 4. The maximum Gasteiger partial charge on any atom is 0.264 e. The highest BCUT2D eigenvalue weighted by Gasteiger charge is 2.33. The van der Waals surface area contributed by atoms with E-state index in [9.17, 15) is 18.0 Å². The van der Waals surface area contributed by atoms with Crippen LogP contribution in [0.25, 0.3) is 0 Å². The van der Waals surface area contributed by atoms with Gasteiger partial charge in [-0.1, -0.05) is 70.7 Å². The quantitative estimate of drug-likeness (QED) is 0.277. The van der Waals surface area contributed by atoms with E-state index in [1.165, 1.54) is 35.2 Å². The van der Waals surface area contributed by atoms with Crippen molar-refractivity contribution in [1.82, 2.24) is 10.2 Å². The van der Waals surface area contributed by atoms with E-state index in [2.05, 4.69) is 5.32 Å². The van der Waals surface area contributed by atoms with Crippen molar-refractivity contribution in [1.29, 1.82) is 0 Å². The minimum atomic E-state index is -4.25. The molecular formula is C28H29Cl4N3O4S. The number of nitrogens with zero attached hydrogens (tertiary/aromatic N) is 2. The molecular weight excluding hydrogens is 616 g/mol. The van der Waals surface area contributed by atoms with E-state index in [0.29, 0.717) is 10.6 Å². The van der Waals surface area contributed by atoms with Crippen molar-refractivity contribution in [3.63, 3.8) is 0 Å². The Kier molecular flexibility index (Phi) is 10.4. The standard InChI is InChI=1S/C28H29Cl4N3O4S/c1-18(27(37)33-28(2,3)4)34(16-19-10-11-24(31)25(32)12-19)26(36)17-35(22-14-20(29)13-21(30)15-22)40(38,39)23-8-6-5-7-9-23/h5-15,18H,16-17H2,1-4H3,(H,33,37)/t18-/m0/s1. The van der Waals surface area contributed by atoms with Crippen LogP contribution in [0.15, 0.2) is 71.6 Å². The summed E-state index contributed by atoms with van der Waals surface area (Å²) in [6, 6.07) is 15.8. The van der Waals surface area contributed by atoms with Gasteiger partial charge in [0.1, 0.15) is 12.6 Å². The SMILES string of the molecule is C[C@@H](C(=O)NC(C)(C)C)N(Cc1ccc(Cl)c(Cl)c1)C(=O)CN(c1cc(Cl)cc(Cl)c1)S(=O)(=O)c1ccccc1. The summed E-state index contributed by atoms with van der Waals surface area (Å²) in [7, 11) is -4.25. The van der Waals surface area contributed by atoms with Crippen molar-refractivity contribution in [2.24, 2.45) is 0 Å². The van der Waals surface area contributed by atoms with E-state index in [1.54, 1.807) is 43.3 Å². The molecule has 1 N–H and O–H groups in total. The topological polar surface area (TPSA) is 86.8 Å². The minimum Gasteiger partial charge on any atom is -0.350 e. The van der Waals surface area contributed by atoms with Gasteiger partial charge in [0.05, 0.1) is 20.6 Å². The van der Waals surface area contributed by atoms with Gasteiger partial charge in [-0.25, -0.2) is 8.42 Å². The fourth-order valence-corrected chi connectivity index (χ4v) is 6.08. The number of carbonyl (C=O) groups excluding carboxylic acids is 2. The number of amides is 2. The van der Waals surface area contributed by atoms with Gasteiger partial charge in [-0.05, 0) is 75.7 Å². The Balaban J connectivity index is 2.07. The number of rotatable bonds is 9. The zero-order chi connectivity index (χ0) is 29.8. The second-order valence-corrected chi connectivity index (χ2v) is 13.7. The molecule has 0 fully saturated rings. The molecule has 0 bridgehead atoms. The maximum absolute atomic E-state index is 14.0. The fourth-order valence-electron chi connectivity index (χ4n) is 3.82. The summed E-state index contributed by atoms with van der Waals surface area (Å²) in [6.45, 7) is 6.36. The molecule has 0 aromatic heterocycles. The number of halogens is 4. The molecule has 3 aromatic rings. The summed E-state index contributed by atoms with van der Waals surface area (Å²) < 4.78 is 28.5. The molecule has 7 nitrogen and oxygen atoms in total. The zero-order valence-corrected chi connectivity index (χ0v) is 26.1. The summed E-state index contributed by atoms with van der Waals surface area (Å²) in [6.07, 6.45) is 0. The Labute approximate surface area is 255 Å². The second-order valence-electron chi connectivity index (χ2n) is 10.1. The number of sulfonamides is 1. The van der Waals surface area contributed by atoms with Gasteiger partial charge in [0.15, 0.2) is 0 Å². The molecule has 0 unspecified atom stereocenters. The Morgan fingerprint density at radius 2 is 1.48 bits per heavy atom. The first-order chi connectivity index (χ1) is 18.6. The zero-order valence-electron chi connectivity index (χ0n) is 22.3. The molecule has 0 aliphatic heterocycles. The molecule has 0 aliphatic carbocycles. The van der Waals surface area contributed by atoms with E-state index < -0.39 is 40.0 Å². The third-order valence-corrected chi connectivity index (χ3v) is 8.71. The number of carbonyl (C=O) groups is 2. The van der Waals surface area contributed by atoms with E-state index in [0.717, 1.165) is 4.31 Å². The average molecular weight is 645 g/mol. The maximum atomic E-state index is 14.0. The minimum absolute atomic E-state index is 0.0338. The molecule has 40 heavy (non-hydrogen) atoms. The third-order valence-electron chi connectivity index (χ3n) is 5.75. The molecule has 0 heterocycles. The highest BCUT2D eigenvalue weighted by Crippen LogP contribution is 2.30. The molecule has 0 radical (unpaired) electrons. The molecule has 1 atom stereocenters. The third kappa shape index (κ3) is 8.27. The van der Waals surface area contributed by atoms with Crippen LogP contribution in [-0.2, 0) is 26.2 Å². The average Bonchev–Trinajstić information content (AvgIpc) is 2.86. The second kappa shape index (κ2) is 13.0. The van der Waals surface area contributed by atoms with E-state index in [-0.39, 0.29) is 32.2 Å². The van der Waals surface area contributed by atoms with Gasteiger partial charge in [0, 0.05) is 22.1 Å². The first-order valence-electron chi connectivity index (χ1n) is 12.2. The number of anilines is 1.